The highest BCUT2D eigenvalue weighted by molar-refractivity contribution is 9.10. The van der Waals surface area contributed by atoms with Crippen LogP contribution in [-0.4, -0.2) is 23.1 Å². The maximum atomic E-state index is 12.1. The number of nitrogens with zero attached hydrogens (tertiary/aromatic N) is 1. The van der Waals surface area contributed by atoms with E-state index in [1.807, 2.05) is 31.2 Å². The Balaban J connectivity index is 1.97. The quantitative estimate of drug-likeness (QED) is 0.577. The number of Topliss-reactive ketones (excluding diaryl/α,β-unsaturated/α-hetero) is 1. The van der Waals surface area contributed by atoms with Gasteiger partial charge in [-0.3, -0.25) is 9.78 Å². The van der Waals surface area contributed by atoms with E-state index in [0.717, 1.165) is 9.37 Å². The lowest BCUT2D eigenvalue weighted by Crippen LogP contribution is -2.04. The van der Waals surface area contributed by atoms with Crippen molar-refractivity contribution < 1.29 is 9.53 Å². The van der Waals surface area contributed by atoms with E-state index >= 15 is 0 Å². The van der Waals surface area contributed by atoms with Gasteiger partial charge in [0, 0.05) is 21.1 Å². The fourth-order valence-electron chi connectivity index (χ4n) is 1.58. The summed E-state index contributed by atoms with van der Waals surface area (Å²) in [6.45, 7) is 2.46. The first-order valence-corrected chi connectivity index (χ1v) is 7.96. The summed E-state index contributed by atoms with van der Waals surface area (Å²) in [6, 6.07) is 9.63. The summed E-state index contributed by atoms with van der Waals surface area (Å²) < 4.78 is 6.38. The Morgan fingerprint density at radius 2 is 2.05 bits per heavy atom. The molecule has 0 saturated heterocycles. The van der Waals surface area contributed by atoms with Crippen LogP contribution in [-0.2, 0) is 0 Å². The van der Waals surface area contributed by atoms with E-state index in [0.29, 0.717) is 23.7 Å². The van der Waals surface area contributed by atoms with Gasteiger partial charge >= 0.3 is 0 Å². The Hall–Kier alpha value is -1.33. The van der Waals surface area contributed by atoms with Crippen molar-refractivity contribution in [3.8, 4) is 5.75 Å². The summed E-state index contributed by atoms with van der Waals surface area (Å²) in [5.74, 6) is 1.07. The zero-order valence-electron chi connectivity index (χ0n) is 11.0. The first-order valence-electron chi connectivity index (χ1n) is 6.18. The zero-order chi connectivity index (χ0) is 14.4. The van der Waals surface area contributed by atoms with Gasteiger partial charge in [-0.05, 0) is 37.3 Å². The summed E-state index contributed by atoms with van der Waals surface area (Å²) in [6.07, 6.45) is 3.19. The minimum absolute atomic E-state index is 0.0481. The lowest BCUT2D eigenvalue weighted by Gasteiger charge is -2.05. The first-order chi connectivity index (χ1) is 9.69. The van der Waals surface area contributed by atoms with Gasteiger partial charge in [0.25, 0.3) is 0 Å². The van der Waals surface area contributed by atoms with E-state index < -0.39 is 0 Å². The van der Waals surface area contributed by atoms with E-state index in [2.05, 4.69) is 20.9 Å². The summed E-state index contributed by atoms with van der Waals surface area (Å²) >= 11 is 4.90. The van der Waals surface area contributed by atoms with Gasteiger partial charge in [0.1, 0.15) is 5.75 Å². The number of thioether (sulfide) groups is 1. The minimum atomic E-state index is 0.0481. The van der Waals surface area contributed by atoms with Gasteiger partial charge in [-0.25, -0.2) is 0 Å². The van der Waals surface area contributed by atoms with Crippen molar-refractivity contribution in [2.75, 3.05) is 12.4 Å². The molecule has 1 heterocycles. The molecule has 0 bridgehead atoms. The van der Waals surface area contributed by atoms with Gasteiger partial charge in [0.05, 0.1) is 18.6 Å². The lowest BCUT2D eigenvalue weighted by atomic mass is 10.2. The lowest BCUT2D eigenvalue weighted by molar-refractivity contribution is 0.102. The van der Waals surface area contributed by atoms with E-state index in [4.69, 9.17) is 4.74 Å². The van der Waals surface area contributed by atoms with Crippen LogP contribution in [0.5, 0.6) is 5.75 Å². The third-order valence-corrected chi connectivity index (χ3v) is 4.07. The van der Waals surface area contributed by atoms with Crippen LogP contribution in [0.15, 0.2) is 52.1 Å². The Labute approximate surface area is 130 Å². The number of rotatable bonds is 6. The van der Waals surface area contributed by atoms with E-state index in [1.165, 1.54) is 11.8 Å². The number of carbonyl (C=O) groups excluding carboxylic acids is 1. The standard InChI is InChI=1S/C15H14BrNO2S/c1-2-19-13-7-11(8-17-9-13)15(18)10-20-14-5-3-12(16)4-6-14/h3-9H,2,10H2,1H3. The molecule has 0 spiro atoms. The molecule has 0 aliphatic heterocycles. The number of hydrogen-bond donors (Lipinski definition) is 0. The molecule has 20 heavy (non-hydrogen) atoms. The second-order valence-electron chi connectivity index (χ2n) is 4.01. The van der Waals surface area contributed by atoms with Gasteiger partial charge in [-0.2, -0.15) is 0 Å². The molecular weight excluding hydrogens is 338 g/mol. The highest BCUT2D eigenvalue weighted by Crippen LogP contribution is 2.22. The Bertz CT molecular complexity index is 587. The molecule has 5 heteroatoms. The van der Waals surface area contributed by atoms with Crippen molar-refractivity contribution in [3.05, 3.63) is 52.8 Å². The second kappa shape index (κ2) is 7.45. The molecule has 0 fully saturated rings. The number of halogens is 1. The average molecular weight is 352 g/mol. The number of carbonyl (C=O) groups is 1. The molecule has 0 saturated carbocycles. The average Bonchev–Trinajstić information content (AvgIpc) is 2.47. The predicted molar refractivity (Wildman–Crippen MR) is 84.6 cm³/mol. The number of benzene rings is 1. The SMILES string of the molecule is CCOc1cncc(C(=O)CSc2ccc(Br)cc2)c1. The minimum Gasteiger partial charge on any atom is -0.492 e. The molecule has 2 aromatic rings. The molecule has 104 valence electrons. The molecule has 2 rings (SSSR count). The maximum Gasteiger partial charge on any atom is 0.174 e. The molecule has 1 aromatic heterocycles. The summed E-state index contributed by atoms with van der Waals surface area (Å²) in [7, 11) is 0. The Kier molecular flexibility index (Phi) is 5.61. The van der Waals surface area contributed by atoms with E-state index in [9.17, 15) is 4.79 Å². The van der Waals surface area contributed by atoms with Crippen LogP contribution in [0, 0.1) is 0 Å². The van der Waals surface area contributed by atoms with Gasteiger partial charge in [0.15, 0.2) is 5.78 Å². The maximum absolute atomic E-state index is 12.1. The molecule has 0 radical (unpaired) electrons. The van der Waals surface area contributed by atoms with Crippen molar-refractivity contribution in [3.63, 3.8) is 0 Å². The highest BCUT2D eigenvalue weighted by Gasteiger charge is 2.08. The fraction of sp³-hybridized carbons (Fsp3) is 0.200. The molecule has 0 aliphatic rings. The van der Waals surface area contributed by atoms with Crippen LogP contribution in [0.1, 0.15) is 17.3 Å². The van der Waals surface area contributed by atoms with Crippen LogP contribution in [0.2, 0.25) is 0 Å². The van der Waals surface area contributed by atoms with E-state index in [-0.39, 0.29) is 5.78 Å². The van der Waals surface area contributed by atoms with Gasteiger partial charge in [-0.15, -0.1) is 11.8 Å². The molecule has 0 amide bonds. The van der Waals surface area contributed by atoms with Crippen molar-refractivity contribution >= 4 is 33.5 Å². The summed E-state index contributed by atoms with van der Waals surface area (Å²) in [5, 5.41) is 0. The van der Waals surface area contributed by atoms with Crippen molar-refractivity contribution in [1.29, 1.82) is 0 Å². The first kappa shape index (κ1) is 15.1. The van der Waals surface area contributed by atoms with Crippen LogP contribution in [0.25, 0.3) is 0 Å². The van der Waals surface area contributed by atoms with Crippen molar-refractivity contribution in [1.82, 2.24) is 4.98 Å². The summed E-state index contributed by atoms with van der Waals surface area (Å²) in [5.41, 5.74) is 0.584. The Morgan fingerprint density at radius 1 is 1.30 bits per heavy atom. The molecule has 0 N–H and O–H groups in total. The van der Waals surface area contributed by atoms with E-state index in [1.54, 1.807) is 18.5 Å². The molecule has 3 nitrogen and oxygen atoms in total. The van der Waals surface area contributed by atoms with Crippen molar-refractivity contribution in [2.24, 2.45) is 0 Å². The Morgan fingerprint density at radius 3 is 2.75 bits per heavy atom. The van der Waals surface area contributed by atoms with Crippen LogP contribution < -0.4 is 4.74 Å². The van der Waals surface area contributed by atoms with Crippen LogP contribution in [0.4, 0.5) is 0 Å². The van der Waals surface area contributed by atoms with Crippen LogP contribution >= 0.6 is 27.7 Å². The highest BCUT2D eigenvalue weighted by atomic mass is 79.9. The smallest absolute Gasteiger partial charge is 0.174 e. The van der Waals surface area contributed by atoms with Crippen molar-refractivity contribution in [2.45, 2.75) is 11.8 Å². The molecule has 0 aliphatic carbocycles. The number of pyridine rings is 1. The topological polar surface area (TPSA) is 39.2 Å². The van der Waals surface area contributed by atoms with Gasteiger partial charge in [-0.1, -0.05) is 15.9 Å². The fourth-order valence-corrected chi connectivity index (χ4v) is 2.64. The van der Waals surface area contributed by atoms with Gasteiger partial charge in [0.2, 0.25) is 0 Å². The molecular formula is C15H14BrNO2S. The van der Waals surface area contributed by atoms with Crippen LogP contribution in [0.3, 0.4) is 0 Å². The zero-order valence-corrected chi connectivity index (χ0v) is 13.4. The molecule has 1 aromatic carbocycles. The summed E-state index contributed by atoms with van der Waals surface area (Å²) in [4.78, 5) is 17.2. The number of hydrogen-bond acceptors (Lipinski definition) is 4. The normalized spacial score (nSPS) is 10.3. The third kappa shape index (κ3) is 4.35. The monoisotopic (exact) mass is 351 g/mol. The second-order valence-corrected chi connectivity index (χ2v) is 5.97. The molecule has 0 atom stereocenters. The number of aromatic nitrogens is 1. The molecule has 0 unspecified atom stereocenters. The third-order valence-electron chi connectivity index (χ3n) is 2.53. The predicted octanol–water partition coefficient (Wildman–Crippen LogP) is 4.22. The largest absolute Gasteiger partial charge is 0.492 e. The number of ether oxygens (including phenoxy) is 1. The number of ketones is 1. The van der Waals surface area contributed by atoms with Gasteiger partial charge < -0.3 is 4.74 Å².